The molecule has 0 saturated carbocycles. The Morgan fingerprint density at radius 1 is 1.00 bits per heavy atom. The van der Waals surface area contributed by atoms with E-state index in [9.17, 15) is 9.59 Å². The first-order valence-electron chi connectivity index (χ1n) is 11.3. The van der Waals surface area contributed by atoms with Gasteiger partial charge in [0, 0.05) is 41.3 Å². The van der Waals surface area contributed by atoms with Crippen LogP contribution >= 0.6 is 15.9 Å². The fourth-order valence-corrected chi connectivity index (χ4v) is 4.55. The van der Waals surface area contributed by atoms with Crippen molar-refractivity contribution in [3.63, 3.8) is 0 Å². The summed E-state index contributed by atoms with van der Waals surface area (Å²) >= 11 is 3.41. The van der Waals surface area contributed by atoms with E-state index < -0.39 is 0 Å². The molecule has 2 heterocycles. The normalized spacial score (nSPS) is 14.2. The first-order chi connectivity index (χ1) is 15.9. The molecule has 1 fully saturated rings. The molecule has 0 atom stereocenters. The molecule has 170 valence electrons. The Hall–Kier alpha value is -2.99. The van der Waals surface area contributed by atoms with Crippen LogP contribution in [0.25, 0.3) is 0 Å². The number of carbonyl (C=O) groups excluding carboxylic acids is 2. The number of carbonyl (C=O) groups is 2. The average molecular weight is 506 g/mol. The zero-order chi connectivity index (χ0) is 23.4. The Morgan fingerprint density at radius 2 is 1.70 bits per heavy atom. The largest absolute Gasteiger partial charge is 0.348 e. The van der Waals surface area contributed by atoms with Gasteiger partial charge in [0.2, 0.25) is 0 Å². The number of nitrogens with one attached hydrogen (secondary N) is 1. The number of rotatable bonds is 5. The van der Waals surface area contributed by atoms with Crippen molar-refractivity contribution in [1.82, 2.24) is 15.2 Å². The third kappa shape index (κ3) is 5.50. The third-order valence-corrected chi connectivity index (χ3v) is 6.80. The molecular formula is C27H28BrN3O2. The number of amides is 2. The van der Waals surface area contributed by atoms with Crippen molar-refractivity contribution >= 4 is 27.7 Å². The second-order valence-electron chi connectivity index (χ2n) is 8.57. The summed E-state index contributed by atoms with van der Waals surface area (Å²) in [5, 5.41) is 3.06. The van der Waals surface area contributed by atoms with Crippen molar-refractivity contribution in [2.45, 2.75) is 39.2 Å². The van der Waals surface area contributed by atoms with Crippen LogP contribution in [0.1, 0.15) is 62.0 Å². The van der Waals surface area contributed by atoms with Crippen LogP contribution in [-0.4, -0.2) is 34.8 Å². The molecule has 1 aliphatic rings. The summed E-state index contributed by atoms with van der Waals surface area (Å²) in [5.74, 6) is 0.0987. The number of hydrogen-bond donors (Lipinski definition) is 1. The van der Waals surface area contributed by atoms with E-state index in [1.165, 1.54) is 0 Å². The van der Waals surface area contributed by atoms with E-state index >= 15 is 0 Å². The molecule has 0 radical (unpaired) electrons. The van der Waals surface area contributed by atoms with E-state index in [0.717, 1.165) is 39.8 Å². The summed E-state index contributed by atoms with van der Waals surface area (Å²) in [6, 6.07) is 19.3. The maximum atomic E-state index is 13.1. The van der Waals surface area contributed by atoms with Crippen LogP contribution in [-0.2, 0) is 6.54 Å². The minimum Gasteiger partial charge on any atom is -0.348 e. The molecule has 2 amide bonds. The maximum absolute atomic E-state index is 13.1. The van der Waals surface area contributed by atoms with Crippen LogP contribution in [0.3, 0.4) is 0 Å². The van der Waals surface area contributed by atoms with Gasteiger partial charge in [0.1, 0.15) is 0 Å². The summed E-state index contributed by atoms with van der Waals surface area (Å²) in [4.78, 5) is 32.6. The molecule has 0 aliphatic carbocycles. The maximum Gasteiger partial charge on any atom is 0.253 e. The van der Waals surface area contributed by atoms with Crippen LogP contribution in [0, 0.1) is 13.8 Å². The fraction of sp³-hybridized carbons (Fsp3) is 0.296. The van der Waals surface area contributed by atoms with Crippen LogP contribution in [0.5, 0.6) is 0 Å². The molecule has 5 nitrogen and oxygen atoms in total. The van der Waals surface area contributed by atoms with Gasteiger partial charge in [-0.05, 0) is 74.2 Å². The van der Waals surface area contributed by atoms with Gasteiger partial charge < -0.3 is 10.2 Å². The SMILES string of the molecule is Cc1ccc(C(=O)NCc2ccccc2C)c(C2CCN(C(=O)c3ccc(Br)cc3)CC2)n1. The number of benzene rings is 2. The molecule has 2 aromatic carbocycles. The van der Waals surface area contributed by atoms with Gasteiger partial charge in [-0.2, -0.15) is 0 Å². The van der Waals surface area contributed by atoms with Crippen LogP contribution in [0.15, 0.2) is 65.1 Å². The molecule has 1 aromatic heterocycles. The van der Waals surface area contributed by atoms with Gasteiger partial charge in [-0.1, -0.05) is 40.2 Å². The number of piperidine rings is 1. The molecule has 1 saturated heterocycles. The van der Waals surface area contributed by atoms with Crippen molar-refractivity contribution in [3.8, 4) is 0 Å². The minimum absolute atomic E-state index is 0.0503. The Morgan fingerprint density at radius 3 is 2.39 bits per heavy atom. The summed E-state index contributed by atoms with van der Waals surface area (Å²) in [6.45, 7) is 5.78. The smallest absolute Gasteiger partial charge is 0.253 e. The van der Waals surface area contributed by atoms with E-state index in [1.54, 1.807) is 0 Å². The standard InChI is InChI=1S/C27H28BrN3O2/c1-18-5-3-4-6-22(18)17-29-26(32)24-12-7-19(2)30-25(24)20-13-15-31(16-14-20)27(33)21-8-10-23(28)11-9-21/h3-12,20H,13-17H2,1-2H3,(H,29,32). The predicted molar refractivity (Wildman–Crippen MR) is 133 cm³/mol. The van der Waals surface area contributed by atoms with Crippen molar-refractivity contribution < 1.29 is 9.59 Å². The quantitative estimate of drug-likeness (QED) is 0.504. The highest BCUT2D eigenvalue weighted by molar-refractivity contribution is 9.10. The number of pyridine rings is 1. The number of aromatic nitrogens is 1. The number of aryl methyl sites for hydroxylation is 2. The number of nitrogens with zero attached hydrogens (tertiary/aromatic N) is 2. The van der Waals surface area contributed by atoms with Crippen LogP contribution in [0.2, 0.25) is 0 Å². The lowest BCUT2D eigenvalue weighted by Gasteiger charge is -2.32. The number of halogens is 1. The second-order valence-corrected chi connectivity index (χ2v) is 9.48. The van der Waals surface area contributed by atoms with Gasteiger partial charge in [0.15, 0.2) is 0 Å². The summed E-state index contributed by atoms with van der Waals surface area (Å²) in [7, 11) is 0. The average Bonchev–Trinajstić information content (AvgIpc) is 2.83. The summed E-state index contributed by atoms with van der Waals surface area (Å²) < 4.78 is 0.955. The molecule has 3 aromatic rings. The van der Waals surface area contributed by atoms with Gasteiger partial charge in [-0.15, -0.1) is 0 Å². The summed E-state index contributed by atoms with van der Waals surface area (Å²) in [5.41, 5.74) is 5.32. The highest BCUT2D eigenvalue weighted by Gasteiger charge is 2.28. The van der Waals surface area contributed by atoms with Gasteiger partial charge in [-0.25, -0.2) is 0 Å². The molecular weight excluding hydrogens is 478 g/mol. The first kappa shape index (κ1) is 23.2. The number of likely N-dealkylation sites (tertiary alicyclic amines) is 1. The Bertz CT molecular complexity index is 1150. The molecule has 1 N–H and O–H groups in total. The van der Waals surface area contributed by atoms with E-state index in [2.05, 4.69) is 21.2 Å². The Balaban J connectivity index is 1.44. The monoisotopic (exact) mass is 505 g/mol. The lowest BCUT2D eigenvalue weighted by Crippen LogP contribution is -2.38. The number of hydrogen-bond acceptors (Lipinski definition) is 3. The first-order valence-corrected chi connectivity index (χ1v) is 12.1. The second kappa shape index (κ2) is 10.3. The molecule has 0 bridgehead atoms. The lowest BCUT2D eigenvalue weighted by molar-refractivity contribution is 0.0710. The van der Waals surface area contributed by atoms with Crippen LogP contribution in [0.4, 0.5) is 0 Å². The van der Waals surface area contributed by atoms with Crippen molar-refractivity contribution in [2.24, 2.45) is 0 Å². The predicted octanol–water partition coefficient (Wildman–Crippen LogP) is 5.41. The van der Waals surface area contributed by atoms with Crippen molar-refractivity contribution in [2.75, 3.05) is 13.1 Å². The highest BCUT2D eigenvalue weighted by atomic mass is 79.9. The highest BCUT2D eigenvalue weighted by Crippen LogP contribution is 2.30. The minimum atomic E-state index is -0.103. The zero-order valence-electron chi connectivity index (χ0n) is 19.0. The third-order valence-electron chi connectivity index (χ3n) is 6.27. The van der Waals surface area contributed by atoms with Crippen LogP contribution < -0.4 is 5.32 Å². The van der Waals surface area contributed by atoms with E-state index in [1.807, 2.05) is 79.4 Å². The Labute approximate surface area is 203 Å². The zero-order valence-corrected chi connectivity index (χ0v) is 20.6. The van der Waals surface area contributed by atoms with Gasteiger partial charge >= 0.3 is 0 Å². The summed E-state index contributed by atoms with van der Waals surface area (Å²) in [6.07, 6.45) is 1.58. The van der Waals surface area contributed by atoms with Gasteiger partial charge in [0.05, 0.1) is 11.3 Å². The molecule has 1 aliphatic heterocycles. The molecule has 33 heavy (non-hydrogen) atoms. The Kier molecular flexibility index (Phi) is 7.23. The molecule has 0 spiro atoms. The van der Waals surface area contributed by atoms with Crippen molar-refractivity contribution in [3.05, 3.63) is 98.8 Å². The van der Waals surface area contributed by atoms with Gasteiger partial charge in [0.25, 0.3) is 11.8 Å². The van der Waals surface area contributed by atoms with E-state index in [4.69, 9.17) is 4.98 Å². The molecule has 6 heteroatoms. The van der Waals surface area contributed by atoms with E-state index in [0.29, 0.717) is 30.8 Å². The van der Waals surface area contributed by atoms with E-state index in [-0.39, 0.29) is 17.7 Å². The topological polar surface area (TPSA) is 62.3 Å². The molecule has 0 unspecified atom stereocenters. The molecule has 4 rings (SSSR count). The lowest BCUT2D eigenvalue weighted by atomic mass is 9.89. The fourth-order valence-electron chi connectivity index (χ4n) is 4.29. The van der Waals surface area contributed by atoms with Crippen molar-refractivity contribution in [1.29, 1.82) is 0 Å². The van der Waals surface area contributed by atoms with Gasteiger partial charge in [-0.3, -0.25) is 14.6 Å².